The summed E-state index contributed by atoms with van der Waals surface area (Å²) in [6, 6.07) is 16.8. The lowest BCUT2D eigenvalue weighted by Crippen LogP contribution is -2.16. The Bertz CT molecular complexity index is 1240. The minimum Gasteiger partial charge on any atom is -0.492 e. The van der Waals surface area contributed by atoms with E-state index in [0.29, 0.717) is 35.2 Å². The van der Waals surface area contributed by atoms with Gasteiger partial charge in [-0.3, -0.25) is 9.52 Å². The third-order valence-corrected chi connectivity index (χ3v) is 6.55. The first-order chi connectivity index (χ1) is 15.5. The van der Waals surface area contributed by atoms with Crippen LogP contribution in [-0.4, -0.2) is 20.9 Å². The summed E-state index contributed by atoms with van der Waals surface area (Å²) in [4.78, 5) is 13.0. The van der Waals surface area contributed by atoms with E-state index in [9.17, 15) is 13.2 Å². The molecule has 3 aromatic carbocycles. The van der Waals surface area contributed by atoms with Crippen molar-refractivity contribution in [1.29, 1.82) is 0 Å². The molecule has 1 amide bonds. The van der Waals surface area contributed by atoms with E-state index < -0.39 is 10.0 Å². The van der Waals surface area contributed by atoms with Crippen molar-refractivity contribution in [2.24, 2.45) is 5.92 Å². The molecule has 0 unspecified atom stereocenters. The third kappa shape index (κ3) is 6.82. The van der Waals surface area contributed by atoms with E-state index in [1.165, 1.54) is 12.1 Å². The van der Waals surface area contributed by atoms with Gasteiger partial charge in [0.1, 0.15) is 5.75 Å². The van der Waals surface area contributed by atoms with Gasteiger partial charge >= 0.3 is 0 Å². The molecule has 0 aliphatic carbocycles. The number of carbonyl (C=O) groups excluding carboxylic acids is 1. The van der Waals surface area contributed by atoms with Crippen molar-refractivity contribution < 1.29 is 17.9 Å². The molecule has 0 heterocycles. The second kappa shape index (κ2) is 10.4. The highest BCUT2D eigenvalue weighted by Gasteiger charge is 2.17. The maximum absolute atomic E-state index is 12.9. The number of nitrogens with one attached hydrogen (secondary N) is 2. The molecule has 2 N–H and O–H groups in total. The predicted molar refractivity (Wildman–Crippen MR) is 136 cm³/mol. The zero-order valence-electron chi connectivity index (χ0n) is 19.0. The zero-order valence-corrected chi connectivity index (χ0v) is 21.4. The third-order valence-electron chi connectivity index (χ3n) is 4.65. The van der Waals surface area contributed by atoms with Crippen LogP contribution in [0.3, 0.4) is 0 Å². The van der Waals surface area contributed by atoms with E-state index in [2.05, 4.69) is 26.0 Å². The van der Waals surface area contributed by atoms with Gasteiger partial charge in [-0.25, -0.2) is 8.42 Å². The molecule has 8 heteroatoms. The molecule has 0 fully saturated rings. The molecule has 0 aromatic heterocycles. The van der Waals surface area contributed by atoms with Crippen molar-refractivity contribution in [3.63, 3.8) is 0 Å². The van der Waals surface area contributed by atoms with Crippen molar-refractivity contribution in [2.45, 2.75) is 32.6 Å². The number of carbonyl (C=O) groups is 1. The summed E-state index contributed by atoms with van der Waals surface area (Å²) < 4.78 is 34.7. The molecule has 0 saturated heterocycles. The quantitative estimate of drug-likeness (QED) is 0.365. The van der Waals surface area contributed by atoms with Crippen LogP contribution >= 0.6 is 15.9 Å². The normalized spacial score (nSPS) is 11.3. The Balaban J connectivity index is 1.75. The van der Waals surface area contributed by atoms with Gasteiger partial charge in [0.25, 0.3) is 15.9 Å². The number of anilines is 2. The van der Waals surface area contributed by atoms with Crippen LogP contribution in [0, 0.1) is 19.8 Å². The summed E-state index contributed by atoms with van der Waals surface area (Å²) in [7, 11) is -3.76. The van der Waals surface area contributed by atoms with E-state index in [1.807, 2.05) is 39.8 Å². The van der Waals surface area contributed by atoms with E-state index in [1.54, 1.807) is 36.4 Å². The number of rotatable bonds is 8. The fourth-order valence-corrected chi connectivity index (χ4v) is 4.63. The Morgan fingerprint density at radius 2 is 1.58 bits per heavy atom. The van der Waals surface area contributed by atoms with Crippen LogP contribution in [-0.2, 0) is 10.0 Å². The van der Waals surface area contributed by atoms with Crippen molar-refractivity contribution >= 4 is 43.2 Å². The van der Waals surface area contributed by atoms with Crippen LogP contribution in [0.5, 0.6) is 5.75 Å². The van der Waals surface area contributed by atoms with E-state index in [4.69, 9.17) is 4.74 Å². The Labute approximate surface area is 203 Å². The molecule has 3 rings (SSSR count). The average molecular weight is 531 g/mol. The lowest BCUT2D eigenvalue weighted by molar-refractivity contribution is 0.102. The van der Waals surface area contributed by atoms with Crippen molar-refractivity contribution in [1.82, 2.24) is 0 Å². The highest BCUT2D eigenvalue weighted by molar-refractivity contribution is 9.10. The highest BCUT2D eigenvalue weighted by Crippen LogP contribution is 2.26. The van der Waals surface area contributed by atoms with Crippen LogP contribution in [0.2, 0.25) is 0 Å². The van der Waals surface area contributed by atoms with Gasteiger partial charge in [-0.05, 0) is 85.5 Å². The number of benzene rings is 3. The second-order valence-electron chi connectivity index (χ2n) is 8.31. The van der Waals surface area contributed by atoms with Gasteiger partial charge in [-0.15, -0.1) is 0 Å². The number of halogens is 1. The fraction of sp³-hybridized carbons (Fsp3) is 0.240. The van der Waals surface area contributed by atoms with Crippen LogP contribution in [0.4, 0.5) is 11.4 Å². The number of hydrogen-bond acceptors (Lipinski definition) is 4. The van der Waals surface area contributed by atoms with E-state index >= 15 is 0 Å². The zero-order chi connectivity index (χ0) is 24.2. The van der Waals surface area contributed by atoms with E-state index in [0.717, 1.165) is 15.6 Å². The SMILES string of the molecule is Cc1cc(C)cc(NS(=O)(=O)c2ccc(NC(=O)c3cc(Br)ccc3OCC(C)C)cc2)c1. The van der Waals surface area contributed by atoms with Crippen LogP contribution in [0.1, 0.15) is 35.3 Å². The number of aryl methyl sites for hydroxylation is 2. The molecule has 0 saturated carbocycles. The molecule has 174 valence electrons. The van der Waals surface area contributed by atoms with Crippen molar-refractivity contribution in [3.8, 4) is 5.75 Å². The molecule has 3 aromatic rings. The highest BCUT2D eigenvalue weighted by atomic mass is 79.9. The topological polar surface area (TPSA) is 84.5 Å². The first-order valence-corrected chi connectivity index (χ1v) is 12.8. The van der Waals surface area contributed by atoms with Gasteiger partial charge in [0.05, 0.1) is 17.1 Å². The Morgan fingerprint density at radius 1 is 0.939 bits per heavy atom. The summed E-state index contributed by atoms with van der Waals surface area (Å²) in [5.41, 5.74) is 3.30. The Kier molecular flexibility index (Phi) is 7.81. The van der Waals surface area contributed by atoms with Crippen LogP contribution < -0.4 is 14.8 Å². The Hall–Kier alpha value is -2.84. The van der Waals surface area contributed by atoms with Gasteiger partial charge in [0.15, 0.2) is 0 Å². The first-order valence-electron chi connectivity index (χ1n) is 10.5. The molecular weight excluding hydrogens is 504 g/mol. The lowest BCUT2D eigenvalue weighted by atomic mass is 10.1. The summed E-state index contributed by atoms with van der Waals surface area (Å²) in [5, 5.41) is 2.80. The molecule has 0 aliphatic rings. The molecule has 33 heavy (non-hydrogen) atoms. The summed E-state index contributed by atoms with van der Waals surface area (Å²) in [6.45, 7) is 8.37. The van der Waals surface area contributed by atoms with Gasteiger partial charge in [-0.1, -0.05) is 35.8 Å². The minimum atomic E-state index is -3.76. The predicted octanol–water partition coefficient (Wildman–Crippen LogP) is 6.15. The minimum absolute atomic E-state index is 0.100. The van der Waals surface area contributed by atoms with Crippen LogP contribution in [0.15, 0.2) is 70.0 Å². The Morgan fingerprint density at radius 3 is 2.18 bits per heavy atom. The molecule has 0 bridgehead atoms. The standard InChI is InChI=1S/C25H27BrN2O4S/c1-16(2)15-32-24-10-5-19(26)14-23(24)25(29)27-20-6-8-22(9-7-20)33(30,31)28-21-12-17(3)11-18(4)13-21/h5-14,16,28H,15H2,1-4H3,(H,27,29). The van der Waals surface area contributed by atoms with Crippen LogP contribution in [0.25, 0.3) is 0 Å². The molecule has 0 spiro atoms. The number of amides is 1. The molecular formula is C25H27BrN2O4S. The summed E-state index contributed by atoms with van der Waals surface area (Å²) in [6.07, 6.45) is 0. The monoisotopic (exact) mass is 530 g/mol. The van der Waals surface area contributed by atoms with Crippen molar-refractivity contribution in [3.05, 3.63) is 81.8 Å². The number of ether oxygens (including phenoxy) is 1. The maximum atomic E-state index is 12.9. The maximum Gasteiger partial charge on any atom is 0.261 e. The number of sulfonamides is 1. The first kappa shape index (κ1) is 24.8. The number of hydrogen-bond donors (Lipinski definition) is 2. The molecule has 0 atom stereocenters. The lowest BCUT2D eigenvalue weighted by Gasteiger charge is -2.14. The average Bonchev–Trinajstić information content (AvgIpc) is 2.72. The second-order valence-corrected chi connectivity index (χ2v) is 10.9. The summed E-state index contributed by atoms with van der Waals surface area (Å²) in [5.74, 6) is 0.455. The van der Waals surface area contributed by atoms with E-state index in [-0.39, 0.29) is 10.8 Å². The van der Waals surface area contributed by atoms with Gasteiger partial charge in [0, 0.05) is 15.8 Å². The van der Waals surface area contributed by atoms with Gasteiger partial charge < -0.3 is 10.1 Å². The fourth-order valence-electron chi connectivity index (χ4n) is 3.23. The smallest absolute Gasteiger partial charge is 0.261 e. The molecule has 0 aliphatic heterocycles. The van der Waals surface area contributed by atoms with Crippen molar-refractivity contribution in [2.75, 3.05) is 16.6 Å². The van der Waals surface area contributed by atoms with Gasteiger partial charge in [0.2, 0.25) is 0 Å². The largest absolute Gasteiger partial charge is 0.492 e. The molecule has 0 radical (unpaired) electrons. The summed E-state index contributed by atoms with van der Waals surface area (Å²) >= 11 is 3.39. The van der Waals surface area contributed by atoms with Gasteiger partial charge in [-0.2, -0.15) is 0 Å². The molecule has 6 nitrogen and oxygen atoms in total.